The van der Waals surface area contributed by atoms with Crippen LogP contribution in [0.15, 0.2) is 36.4 Å². The summed E-state index contributed by atoms with van der Waals surface area (Å²) in [6.07, 6.45) is 8.13. The van der Waals surface area contributed by atoms with Gasteiger partial charge < -0.3 is 19.9 Å². The molecular weight excluding hydrogens is 478 g/mol. The minimum absolute atomic E-state index is 0.0453. The molecule has 1 aromatic carbocycles. The van der Waals surface area contributed by atoms with Crippen LogP contribution in [0.3, 0.4) is 0 Å². The second-order valence-corrected chi connectivity index (χ2v) is 11.9. The van der Waals surface area contributed by atoms with Gasteiger partial charge in [0.1, 0.15) is 11.9 Å². The molecule has 5 rings (SSSR count). The van der Waals surface area contributed by atoms with Crippen LogP contribution in [0, 0.1) is 5.41 Å². The number of pyridine rings is 1. The monoisotopic (exact) mass is 521 g/mol. The zero-order valence-corrected chi connectivity index (χ0v) is 23.0. The number of likely N-dealkylation sites (tertiary alicyclic amines) is 1. The fourth-order valence-corrected chi connectivity index (χ4v) is 6.08. The lowest BCUT2D eigenvalue weighted by atomic mass is 9.82. The van der Waals surface area contributed by atoms with E-state index in [2.05, 4.69) is 36.2 Å². The second kappa shape index (κ2) is 12.1. The summed E-state index contributed by atoms with van der Waals surface area (Å²) in [5.74, 6) is 0.255. The molecule has 3 aliphatic rings. The van der Waals surface area contributed by atoms with Gasteiger partial charge in [0, 0.05) is 31.9 Å². The van der Waals surface area contributed by atoms with Gasteiger partial charge in [0.05, 0.1) is 18.8 Å². The third-order valence-electron chi connectivity index (χ3n) is 8.30. The Kier molecular flexibility index (Phi) is 8.66. The van der Waals surface area contributed by atoms with E-state index in [4.69, 9.17) is 14.5 Å². The summed E-state index contributed by atoms with van der Waals surface area (Å²) < 4.78 is 12.4. The molecule has 1 aromatic heterocycles. The topological polar surface area (TPSA) is 83.9 Å². The highest BCUT2D eigenvalue weighted by Gasteiger charge is 2.37. The zero-order valence-electron chi connectivity index (χ0n) is 23.0. The molecule has 38 heavy (non-hydrogen) atoms. The molecule has 7 nitrogen and oxygen atoms in total. The number of hydrogen-bond acceptors (Lipinski definition) is 6. The minimum atomic E-state index is -0.804. The van der Waals surface area contributed by atoms with Crippen molar-refractivity contribution < 1.29 is 19.4 Å². The van der Waals surface area contributed by atoms with Crippen LogP contribution in [-0.2, 0) is 27.1 Å². The minimum Gasteiger partial charge on any atom is -0.480 e. The van der Waals surface area contributed by atoms with Gasteiger partial charge in [0.25, 0.3) is 0 Å². The van der Waals surface area contributed by atoms with Crippen LogP contribution < -0.4 is 5.32 Å². The average Bonchev–Trinajstić information content (AvgIpc) is 3.37. The van der Waals surface area contributed by atoms with Crippen molar-refractivity contribution in [1.82, 2.24) is 9.88 Å². The van der Waals surface area contributed by atoms with Crippen molar-refractivity contribution in [3.63, 3.8) is 0 Å². The molecule has 2 saturated heterocycles. The van der Waals surface area contributed by atoms with Gasteiger partial charge >= 0.3 is 5.97 Å². The van der Waals surface area contributed by atoms with Gasteiger partial charge in [-0.05, 0) is 79.5 Å². The van der Waals surface area contributed by atoms with E-state index in [0.29, 0.717) is 19.8 Å². The number of fused-ring (bicyclic) bond motifs is 1. The zero-order chi connectivity index (χ0) is 26.5. The first-order chi connectivity index (χ1) is 18.4. The van der Waals surface area contributed by atoms with Gasteiger partial charge in [-0.15, -0.1) is 0 Å². The van der Waals surface area contributed by atoms with E-state index in [1.165, 1.54) is 12.0 Å². The maximum absolute atomic E-state index is 12.5. The van der Waals surface area contributed by atoms with Gasteiger partial charge in [-0.1, -0.05) is 44.2 Å². The third-order valence-corrected chi connectivity index (χ3v) is 8.30. The molecule has 2 N–H and O–H groups in total. The van der Waals surface area contributed by atoms with Crippen molar-refractivity contribution in [2.24, 2.45) is 5.41 Å². The number of nitrogens with zero attached hydrogens (tertiary/aromatic N) is 2. The van der Waals surface area contributed by atoms with Gasteiger partial charge in [-0.25, -0.2) is 4.98 Å². The van der Waals surface area contributed by atoms with Crippen LogP contribution >= 0.6 is 0 Å². The molecule has 0 amide bonds. The van der Waals surface area contributed by atoms with Crippen LogP contribution in [0.4, 0.5) is 5.82 Å². The van der Waals surface area contributed by atoms with E-state index in [0.717, 1.165) is 80.7 Å². The summed E-state index contributed by atoms with van der Waals surface area (Å²) in [4.78, 5) is 19.4. The lowest BCUT2D eigenvalue weighted by Gasteiger charge is -2.36. The van der Waals surface area contributed by atoms with Crippen LogP contribution in [-0.4, -0.2) is 59.9 Å². The Hall–Kier alpha value is -2.48. The largest absolute Gasteiger partial charge is 0.480 e. The van der Waals surface area contributed by atoms with Crippen molar-refractivity contribution in [2.45, 2.75) is 83.5 Å². The lowest BCUT2D eigenvalue weighted by Crippen LogP contribution is -2.35. The molecule has 2 fully saturated rings. The number of benzene rings is 1. The predicted octanol–water partition coefficient (Wildman–Crippen LogP) is 5.56. The van der Waals surface area contributed by atoms with E-state index in [9.17, 15) is 9.90 Å². The standard InChI is InChI=1S/C31H43N3O4/c1-31(2)16-14-27(38-21-31)25-10-3-4-11-26(25)28(30(35)36)34-18-15-24(20-34)37-19-6-5-9-23-13-12-22-8-7-17-32-29(22)33-23/h3-4,10-13,24,27-28H,5-9,14-21H2,1-2H3,(H,32,33)(H,35,36)/t24-,27+,28+/m1/s1. The first-order valence-electron chi connectivity index (χ1n) is 14.4. The van der Waals surface area contributed by atoms with Gasteiger partial charge in [0.2, 0.25) is 0 Å². The average molecular weight is 522 g/mol. The summed E-state index contributed by atoms with van der Waals surface area (Å²) in [7, 11) is 0. The second-order valence-electron chi connectivity index (χ2n) is 11.9. The molecule has 0 aliphatic carbocycles. The smallest absolute Gasteiger partial charge is 0.325 e. The van der Waals surface area contributed by atoms with Crippen molar-refractivity contribution in [1.29, 1.82) is 0 Å². The van der Waals surface area contributed by atoms with Crippen LogP contribution in [0.5, 0.6) is 0 Å². The summed E-state index contributed by atoms with van der Waals surface area (Å²) in [6, 6.07) is 11.6. The number of hydrogen-bond donors (Lipinski definition) is 2. The van der Waals surface area contributed by atoms with Gasteiger partial charge in [-0.2, -0.15) is 0 Å². The highest BCUT2D eigenvalue weighted by Crippen LogP contribution is 2.40. The van der Waals surface area contributed by atoms with E-state index in [1.807, 2.05) is 24.3 Å². The number of rotatable bonds is 10. The number of carboxylic acid groups (broad SMARTS) is 1. The Morgan fingerprint density at radius 1 is 1.24 bits per heavy atom. The van der Waals surface area contributed by atoms with Gasteiger partial charge in [-0.3, -0.25) is 9.69 Å². The number of ether oxygens (including phenoxy) is 2. The Balaban J connectivity index is 1.12. The molecule has 0 bridgehead atoms. The molecular formula is C31H43N3O4. The number of aryl methyl sites for hydroxylation is 2. The number of carbonyl (C=O) groups is 1. The van der Waals surface area contributed by atoms with Crippen LogP contribution in [0.25, 0.3) is 0 Å². The number of aliphatic carboxylic acids is 1. The Bertz CT molecular complexity index is 1090. The predicted molar refractivity (Wildman–Crippen MR) is 148 cm³/mol. The summed E-state index contributed by atoms with van der Waals surface area (Å²) >= 11 is 0. The molecule has 7 heteroatoms. The maximum Gasteiger partial charge on any atom is 0.325 e. The third kappa shape index (κ3) is 6.56. The quantitative estimate of drug-likeness (QED) is 0.396. The first kappa shape index (κ1) is 27.1. The Labute approximate surface area is 226 Å². The van der Waals surface area contributed by atoms with Crippen molar-refractivity contribution in [3.05, 3.63) is 58.8 Å². The normalized spacial score (nSPS) is 23.9. The molecule has 3 aliphatic heterocycles. The fourth-order valence-electron chi connectivity index (χ4n) is 6.08. The van der Waals surface area contributed by atoms with Gasteiger partial charge in [0.15, 0.2) is 0 Å². The number of unbranched alkanes of at least 4 members (excludes halogenated alkanes) is 1. The highest BCUT2D eigenvalue weighted by atomic mass is 16.5. The number of carboxylic acids is 1. The molecule has 0 radical (unpaired) electrons. The van der Waals surface area contributed by atoms with Crippen molar-refractivity contribution >= 4 is 11.8 Å². The van der Waals surface area contributed by atoms with Crippen LogP contribution in [0.2, 0.25) is 0 Å². The van der Waals surface area contributed by atoms with Crippen molar-refractivity contribution in [3.8, 4) is 0 Å². The molecule has 0 unspecified atom stereocenters. The number of nitrogens with one attached hydrogen (secondary N) is 1. The maximum atomic E-state index is 12.5. The molecule has 2 aromatic rings. The Morgan fingerprint density at radius 2 is 2.11 bits per heavy atom. The first-order valence-corrected chi connectivity index (χ1v) is 14.4. The fraction of sp³-hybridized carbons (Fsp3) is 0.613. The van der Waals surface area contributed by atoms with Crippen LogP contribution in [0.1, 0.15) is 86.9 Å². The number of anilines is 1. The number of aromatic nitrogens is 1. The van der Waals surface area contributed by atoms with E-state index in [1.54, 1.807) is 0 Å². The molecule has 3 atom stereocenters. The lowest BCUT2D eigenvalue weighted by molar-refractivity contribution is -0.143. The Morgan fingerprint density at radius 3 is 2.92 bits per heavy atom. The van der Waals surface area contributed by atoms with E-state index < -0.39 is 12.0 Å². The molecule has 206 valence electrons. The SMILES string of the molecule is CC1(C)CC[C@@H](c2ccccc2[C@@H](C(=O)O)N2CC[C@@H](OCCCCc3ccc4c(n3)NCCC4)C2)OC1. The highest BCUT2D eigenvalue weighted by molar-refractivity contribution is 5.76. The van der Waals surface area contributed by atoms with E-state index in [-0.39, 0.29) is 17.6 Å². The summed E-state index contributed by atoms with van der Waals surface area (Å²) in [5.41, 5.74) is 4.51. The molecule has 4 heterocycles. The molecule has 0 spiro atoms. The van der Waals surface area contributed by atoms with Crippen molar-refractivity contribution in [2.75, 3.05) is 38.2 Å². The summed E-state index contributed by atoms with van der Waals surface area (Å²) in [5, 5.41) is 13.7. The van der Waals surface area contributed by atoms with E-state index >= 15 is 0 Å². The molecule has 0 saturated carbocycles. The summed E-state index contributed by atoms with van der Waals surface area (Å²) in [6.45, 7) is 8.22.